The van der Waals surface area contributed by atoms with Crippen molar-refractivity contribution in [2.45, 2.75) is 26.4 Å². The molecule has 0 saturated carbocycles. The number of pyridine rings is 1. The highest BCUT2D eigenvalue weighted by Crippen LogP contribution is 2.10. The fourth-order valence-electron chi connectivity index (χ4n) is 1.75. The summed E-state index contributed by atoms with van der Waals surface area (Å²) >= 11 is 0. The second-order valence-electron chi connectivity index (χ2n) is 4.53. The molecule has 0 amide bonds. The number of rotatable bonds is 5. The third kappa shape index (κ3) is 2.65. The maximum Gasteiger partial charge on any atom is 0.0706 e. The first-order chi connectivity index (χ1) is 8.22. The Morgan fingerprint density at radius 2 is 2.24 bits per heavy atom. The molecule has 4 heteroatoms. The van der Waals surface area contributed by atoms with E-state index in [1.807, 2.05) is 36.0 Å². The molecule has 0 fully saturated rings. The maximum absolute atomic E-state index is 9.08. The van der Waals surface area contributed by atoms with Crippen LogP contribution in [0.3, 0.4) is 0 Å². The minimum atomic E-state index is 0.211. The van der Waals surface area contributed by atoms with E-state index in [4.69, 9.17) is 5.11 Å². The summed E-state index contributed by atoms with van der Waals surface area (Å²) in [5.41, 5.74) is 2.31. The van der Waals surface area contributed by atoms with Gasteiger partial charge in [-0.3, -0.25) is 0 Å². The molecule has 2 aromatic rings. The van der Waals surface area contributed by atoms with E-state index in [9.17, 15) is 0 Å². The van der Waals surface area contributed by atoms with Gasteiger partial charge in [-0.15, -0.1) is 0 Å². The zero-order valence-corrected chi connectivity index (χ0v) is 10.3. The van der Waals surface area contributed by atoms with E-state index < -0.39 is 0 Å². The van der Waals surface area contributed by atoms with Crippen molar-refractivity contribution in [2.75, 3.05) is 6.61 Å². The number of aliphatic hydroxyl groups is 1. The van der Waals surface area contributed by atoms with Crippen LogP contribution >= 0.6 is 0 Å². The molecule has 0 aliphatic rings. The molecule has 0 aliphatic carbocycles. The predicted molar refractivity (Wildman–Crippen MR) is 67.7 cm³/mol. The van der Waals surface area contributed by atoms with Gasteiger partial charge < -0.3 is 10.4 Å². The van der Waals surface area contributed by atoms with Crippen molar-refractivity contribution in [3.63, 3.8) is 0 Å². The molecule has 2 rings (SSSR count). The Labute approximate surface area is 101 Å². The van der Waals surface area contributed by atoms with Crippen LogP contribution in [0.1, 0.15) is 19.4 Å². The van der Waals surface area contributed by atoms with Crippen LogP contribution < -0.4 is 5.32 Å². The monoisotopic (exact) mass is 233 g/mol. The van der Waals surface area contributed by atoms with Crippen molar-refractivity contribution >= 4 is 5.52 Å². The molecule has 17 heavy (non-hydrogen) atoms. The Morgan fingerprint density at radius 1 is 1.41 bits per heavy atom. The van der Waals surface area contributed by atoms with E-state index >= 15 is 0 Å². The molecule has 0 bridgehead atoms. The summed E-state index contributed by atoms with van der Waals surface area (Å²) in [6.45, 7) is 5.11. The molecule has 0 spiro atoms. The first-order valence-corrected chi connectivity index (χ1v) is 5.98. The van der Waals surface area contributed by atoms with E-state index in [0.717, 1.165) is 12.1 Å². The van der Waals surface area contributed by atoms with Crippen molar-refractivity contribution in [1.82, 2.24) is 14.9 Å². The van der Waals surface area contributed by atoms with Crippen LogP contribution in [0.25, 0.3) is 5.52 Å². The number of fused-ring (bicyclic) bond motifs is 1. The van der Waals surface area contributed by atoms with E-state index in [1.165, 1.54) is 5.56 Å². The number of nitrogens with zero attached hydrogens (tertiary/aromatic N) is 2. The quantitative estimate of drug-likeness (QED) is 0.821. The third-order valence-corrected chi connectivity index (χ3v) is 3.26. The molecular weight excluding hydrogens is 214 g/mol. The highest BCUT2D eigenvalue weighted by Gasteiger charge is 2.11. The largest absolute Gasteiger partial charge is 0.396 e. The molecule has 2 N–H and O–H groups in total. The molecule has 2 heterocycles. The van der Waals surface area contributed by atoms with Gasteiger partial charge in [-0.2, -0.15) is 5.10 Å². The summed E-state index contributed by atoms with van der Waals surface area (Å²) in [6.07, 6.45) is 3.83. The Balaban J connectivity index is 2.04. The Hall–Kier alpha value is -1.39. The summed E-state index contributed by atoms with van der Waals surface area (Å²) in [5.74, 6) is 0.261. The van der Waals surface area contributed by atoms with Crippen molar-refractivity contribution in [3.05, 3.63) is 36.2 Å². The SMILES string of the molecule is CC(CO)C(C)NCc1cnn2ccccc12. The van der Waals surface area contributed by atoms with Crippen LogP contribution in [-0.2, 0) is 6.54 Å². The number of aromatic nitrogens is 2. The normalized spacial score (nSPS) is 15.0. The van der Waals surface area contributed by atoms with Crippen molar-refractivity contribution < 1.29 is 5.11 Å². The summed E-state index contributed by atoms with van der Waals surface area (Å²) in [5, 5.41) is 16.8. The van der Waals surface area contributed by atoms with Gasteiger partial charge >= 0.3 is 0 Å². The first kappa shape index (κ1) is 12.1. The summed E-state index contributed by atoms with van der Waals surface area (Å²) in [6, 6.07) is 6.33. The highest BCUT2D eigenvalue weighted by atomic mass is 16.3. The number of nitrogens with one attached hydrogen (secondary N) is 1. The summed E-state index contributed by atoms with van der Waals surface area (Å²) < 4.78 is 1.87. The molecular formula is C13H19N3O. The van der Waals surface area contributed by atoms with E-state index in [0.29, 0.717) is 6.04 Å². The topological polar surface area (TPSA) is 49.6 Å². The van der Waals surface area contributed by atoms with Crippen LogP contribution in [0.4, 0.5) is 0 Å². The molecule has 2 atom stereocenters. The fourth-order valence-corrected chi connectivity index (χ4v) is 1.75. The zero-order valence-electron chi connectivity index (χ0n) is 10.3. The van der Waals surface area contributed by atoms with Crippen molar-refractivity contribution in [3.8, 4) is 0 Å². The van der Waals surface area contributed by atoms with Gasteiger partial charge in [-0.1, -0.05) is 13.0 Å². The first-order valence-electron chi connectivity index (χ1n) is 5.98. The van der Waals surface area contributed by atoms with Gasteiger partial charge in [0.25, 0.3) is 0 Å². The lowest BCUT2D eigenvalue weighted by Gasteiger charge is -2.18. The van der Waals surface area contributed by atoms with Gasteiger partial charge in [-0.25, -0.2) is 4.52 Å². The standard InChI is InChI=1S/C13H19N3O/c1-10(9-17)11(2)14-7-12-8-15-16-6-4-3-5-13(12)16/h3-6,8,10-11,14,17H,7,9H2,1-2H3. The Kier molecular flexibility index (Phi) is 3.76. The lowest BCUT2D eigenvalue weighted by molar-refractivity contribution is 0.207. The molecule has 0 saturated heterocycles. The minimum absolute atomic E-state index is 0.211. The molecule has 92 valence electrons. The lowest BCUT2D eigenvalue weighted by Crippen LogP contribution is -2.33. The number of hydrogen-bond donors (Lipinski definition) is 2. The molecule has 4 nitrogen and oxygen atoms in total. The smallest absolute Gasteiger partial charge is 0.0706 e. The second-order valence-corrected chi connectivity index (χ2v) is 4.53. The fraction of sp³-hybridized carbons (Fsp3) is 0.462. The van der Waals surface area contributed by atoms with Crippen molar-refractivity contribution in [1.29, 1.82) is 0 Å². The van der Waals surface area contributed by atoms with Gasteiger partial charge in [0, 0.05) is 31.0 Å². The van der Waals surface area contributed by atoms with Gasteiger partial charge in [0.2, 0.25) is 0 Å². The predicted octanol–water partition coefficient (Wildman–Crippen LogP) is 1.44. The summed E-state index contributed by atoms with van der Waals surface area (Å²) in [4.78, 5) is 0. The molecule has 2 unspecified atom stereocenters. The van der Waals surface area contributed by atoms with Gasteiger partial charge in [0.15, 0.2) is 0 Å². The minimum Gasteiger partial charge on any atom is -0.396 e. The van der Waals surface area contributed by atoms with Crippen LogP contribution in [0.5, 0.6) is 0 Å². The maximum atomic E-state index is 9.08. The van der Waals surface area contributed by atoms with Crippen LogP contribution in [-0.4, -0.2) is 27.4 Å². The lowest BCUT2D eigenvalue weighted by atomic mass is 10.1. The van der Waals surface area contributed by atoms with Crippen LogP contribution in [0.15, 0.2) is 30.6 Å². The molecule has 2 aromatic heterocycles. The molecule has 0 radical (unpaired) electrons. The third-order valence-electron chi connectivity index (χ3n) is 3.26. The van der Waals surface area contributed by atoms with Crippen LogP contribution in [0.2, 0.25) is 0 Å². The second kappa shape index (κ2) is 5.29. The molecule has 0 aliphatic heterocycles. The van der Waals surface area contributed by atoms with E-state index in [-0.39, 0.29) is 12.5 Å². The average molecular weight is 233 g/mol. The highest BCUT2D eigenvalue weighted by molar-refractivity contribution is 5.53. The van der Waals surface area contributed by atoms with Crippen LogP contribution in [0, 0.1) is 5.92 Å². The van der Waals surface area contributed by atoms with Gasteiger partial charge in [0.05, 0.1) is 11.7 Å². The van der Waals surface area contributed by atoms with Gasteiger partial charge in [0.1, 0.15) is 0 Å². The van der Waals surface area contributed by atoms with E-state index in [1.54, 1.807) is 0 Å². The number of hydrogen-bond acceptors (Lipinski definition) is 3. The van der Waals surface area contributed by atoms with Crippen molar-refractivity contribution in [2.24, 2.45) is 5.92 Å². The summed E-state index contributed by atoms with van der Waals surface area (Å²) in [7, 11) is 0. The average Bonchev–Trinajstić information content (AvgIpc) is 2.78. The zero-order chi connectivity index (χ0) is 12.3. The molecule has 0 aromatic carbocycles. The van der Waals surface area contributed by atoms with E-state index in [2.05, 4.69) is 23.4 Å². The Morgan fingerprint density at radius 3 is 3.00 bits per heavy atom. The number of aliphatic hydroxyl groups excluding tert-OH is 1. The van der Waals surface area contributed by atoms with Gasteiger partial charge in [-0.05, 0) is 25.0 Å². The Bertz CT molecular complexity index is 480.